The van der Waals surface area contributed by atoms with Crippen LogP contribution in [-0.4, -0.2) is 0 Å². The van der Waals surface area contributed by atoms with E-state index in [4.69, 9.17) is 0 Å². The second-order valence-corrected chi connectivity index (χ2v) is 7.19. The summed E-state index contributed by atoms with van der Waals surface area (Å²) in [6.07, 6.45) is 12.5. The molecule has 0 heterocycles. The minimum Gasteiger partial charge on any atom is -0.0839 e. The van der Waals surface area contributed by atoms with Crippen LogP contribution >= 0.6 is 15.9 Å². The third-order valence-corrected chi connectivity index (χ3v) is 5.65. The van der Waals surface area contributed by atoms with Crippen LogP contribution in [0.3, 0.4) is 0 Å². The minimum absolute atomic E-state index is 0.577. The summed E-state index contributed by atoms with van der Waals surface area (Å²) in [4.78, 5) is 0.577. The lowest BCUT2D eigenvalue weighted by atomic mass is 9.89. The fraction of sp³-hybridized carbons (Fsp3) is 0.647. The van der Waals surface area contributed by atoms with Crippen molar-refractivity contribution in [1.82, 2.24) is 0 Å². The van der Waals surface area contributed by atoms with Crippen molar-refractivity contribution in [3.63, 3.8) is 0 Å². The Kier molecular flexibility index (Phi) is 4.08. The highest BCUT2D eigenvalue weighted by atomic mass is 79.9. The average molecular weight is 307 g/mol. The predicted molar refractivity (Wildman–Crippen MR) is 81.3 cm³/mol. The fourth-order valence-electron chi connectivity index (χ4n) is 3.62. The normalized spacial score (nSPS) is 21.8. The Labute approximate surface area is 119 Å². The maximum Gasteiger partial charge on any atom is 0.0398 e. The van der Waals surface area contributed by atoms with Gasteiger partial charge in [0.1, 0.15) is 0 Å². The molecule has 1 heteroatoms. The zero-order valence-corrected chi connectivity index (χ0v) is 12.7. The lowest BCUT2D eigenvalue weighted by Crippen LogP contribution is -2.05. The van der Waals surface area contributed by atoms with Crippen molar-refractivity contribution in [3.05, 3.63) is 34.9 Å². The molecule has 2 aliphatic rings. The SMILES string of the molecule is BrC(CC1CCCC1)c1ccc2c(c1)CCCC2. The van der Waals surface area contributed by atoms with E-state index < -0.39 is 0 Å². The lowest BCUT2D eigenvalue weighted by Gasteiger charge is -2.20. The van der Waals surface area contributed by atoms with Gasteiger partial charge in [-0.2, -0.15) is 0 Å². The molecule has 0 aromatic heterocycles. The van der Waals surface area contributed by atoms with E-state index >= 15 is 0 Å². The van der Waals surface area contributed by atoms with Crippen LogP contribution in [0.2, 0.25) is 0 Å². The number of hydrogen-bond acceptors (Lipinski definition) is 0. The Morgan fingerprint density at radius 1 is 1.00 bits per heavy atom. The van der Waals surface area contributed by atoms with Crippen LogP contribution in [-0.2, 0) is 12.8 Å². The van der Waals surface area contributed by atoms with Crippen molar-refractivity contribution in [2.45, 2.75) is 62.6 Å². The molecular weight excluding hydrogens is 284 g/mol. The van der Waals surface area contributed by atoms with E-state index in [0.717, 1.165) is 5.92 Å². The molecule has 1 atom stereocenters. The molecule has 0 aliphatic heterocycles. The standard InChI is InChI=1S/C17H23Br/c18-17(11-13-5-1-2-6-13)16-10-9-14-7-3-4-8-15(14)12-16/h9-10,12-13,17H,1-8,11H2. The van der Waals surface area contributed by atoms with E-state index in [1.54, 1.807) is 11.1 Å². The summed E-state index contributed by atoms with van der Waals surface area (Å²) in [7, 11) is 0. The van der Waals surface area contributed by atoms with Gasteiger partial charge < -0.3 is 0 Å². The van der Waals surface area contributed by atoms with E-state index in [1.807, 2.05) is 0 Å². The molecule has 1 aromatic carbocycles. The second kappa shape index (κ2) is 5.77. The second-order valence-electron chi connectivity index (χ2n) is 6.09. The summed E-state index contributed by atoms with van der Waals surface area (Å²) in [6, 6.07) is 7.22. The number of hydrogen-bond donors (Lipinski definition) is 0. The van der Waals surface area contributed by atoms with Gasteiger partial charge in [0.2, 0.25) is 0 Å². The van der Waals surface area contributed by atoms with Crippen LogP contribution < -0.4 is 0 Å². The first-order valence-corrected chi connectivity index (χ1v) is 8.50. The van der Waals surface area contributed by atoms with Crippen LogP contribution in [0.5, 0.6) is 0 Å². The summed E-state index contributed by atoms with van der Waals surface area (Å²) < 4.78 is 0. The molecule has 18 heavy (non-hydrogen) atoms. The molecule has 1 saturated carbocycles. The number of halogens is 1. The topological polar surface area (TPSA) is 0 Å². The van der Waals surface area contributed by atoms with Crippen LogP contribution in [0.4, 0.5) is 0 Å². The van der Waals surface area contributed by atoms with Crippen molar-refractivity contribution in [3.8, 4) is 0 Å². The van der Waals surface area contributed by atoms with Gasteiger partial charge in [-0.25, -0.2) is 0 Å². The highest BCUT2D eigenvalue weighted by Crippen LogP contribution is 2.38. The lowest BCUT2D eigenvalue weighted by molar-refractivity contribution is 0.501. The molecule has 0 bridgehead atoms. The third-order valence-electron chi connectivity index (χ3n) is 4.75. The highest BCUT2D eigenvalue weighted by Gasteiger charge is 2.20. The van der Waals surface area contributed by atoms with Gasteiger partial charge in [-0.1, -0.05) is 59.8 Å². The summed E-state index contributed by atoms with van der Waals surface area (Å²) in [5.41, 5.74) is 4.74. The molecule has 0 nitrogen and oxygen atoms in total. The zero-order chi connectivity index (χ0) is 12.4. The van der Waals surface area contributed by atoms with Gasteiger partial charge in [0.05, 0.1) is 0 Å². The molecule has 98 valence electrons. The molecule has 1 fully saturated rings. The monoisotopic (exact) mass is 306 g/mol. The van der Waals surface area contributed by atoms with E-state index in [9.17, 15) is 0 Å². The van der Waals surface area contributed by atoms with Crippen molar-refractivity contribution in [1.29, 1.82) is 0 Å². The van der Waals surface area contributed by atoms with Crippen molar-refractivity contribution < 1.29 is 0 Å². The van der Waals surface area contributed by atoms with Crippen molar-refractivity contribution in [2.24, 2.45) is 5.92 Å². The summed E-state index contributed by atoms with van der Waals surface area (Å²) >= 11 is 3.92. The van der Waals surface area contributed by atoms with Crippen LogP contribution in [0.1, 0.15) is 66.5 Å². The first-order valence-electron chi connectivity index (χ1n) is 7.59. The van der Waals surface area contributed by atoms with E-state index in [0.29, 0.717) is 4.83 Å². The first kappa shape index (κ1) is 12.7. The van der Waals surface area contributed by atoms with Gasteiger partial charge in [-0.3, -0.25) is 0 Å². The predicted octanol–water partition coefficient (Wildman–Crippen LogP) is 5.58. The van der Waals surface area contributed by atoms with Gasteiger partial charge in [-0.15, -0.1) is 0 Å². The van der Waals surface area contributed by atoms with Gasteiger partial charge >= 0.3 is 0 Å². The number of alkyl halides is 1. The number of fused-ring (bicyclic) bond motifs is 1. The van der Waals surface area contributed by atoms with Gasteiger partial charge in [0, 0.05) is 4.83 Å². The average Bonchev–Trinajstić information content (AvgIpc) is 2.91. The van der Waals surface area contributed by atoms with Gasteiger partial charge in [0.25, 0.3) is 0 Å². The van der Waals surface area contributed by atoms with E-state index in [1.165, 1.54) is 63.4 Å². The molecular formula is C17H23Br. The first-order chi connectivity index (χ1) is 8.83. The van der Waals surface area contributed by atoms with Crippen molar-refractivity contribution >= 4 is 15.9 Å². The number of benzene rings is 1. The molecule has 2 aliphatic carbocycles. The Morgan fingerprint density at radius 3 is 2.50 bits per heavy atom. The molecule has 0 N–H and O–H groups in total. The fourth-order valence-corrected chi connectivity index (χ4v) is 4.44. The zero-order valence-electron chi connectivity index (χ0n) is 11.1. The number of rotatable bonds is 3. The highest BCUT2D eigenvalue weighted by molar-refractivity contribution is 9.09. The van der Waals surface area contributed by atoms with Crippen LogP contribution in [0.25, 0.3) is 0 Å². The smallest absolute Gasteiger partial charge is 0.0398 e. The molecule has 0 spiro atoms. The third kappa shape index (κ3) is 2.82. The maximum absolute atomic E-state index is 3.92. The van der Waals surface area contributed by atoms with Gasteiger partial charge in [0.15, 0.2) is 0 Å². The Balaban J connectivity index is 1.70. The van der Waals surface area contributed by atoms with Crippen LogP contribution in [0.15, 0.2) is 18.2 Å². The molecule has 1 aromatic rings. The molecule has 0 radical (unpaired) electrons. The number of aryl methyl sites for hydroxylation is 2. The Morgan fingerprint density at radius 2 is 1.72 bits per heavy atom. The summed E-state index contributed by atoms with van der Waals surface area (Å²) in [5, 5.41) is 0. The minimum atomic E-state index is 0.577. The quantitative estimate of drug-likeness (QED) is 0.639. The Hall–Kier alpha value is -0.300. The summed E-state index contributed by atoms with van der Waals surface area (Å²) in [6.45, 7) is 0. The molecule has 1 unspecified atom stereocenters. The molecule has 3 rings (SSSR count). The largest absolute Gasteiger partial charge is 0.0839 e. The van der Waals surface area contributed by atoms with Gasteiger partial charge in [-0.05, 0) is 54.7 Å². The van der Waals surface area contributed by atoms with Crippen LogP contribution in [0, 0.1) is 5.92 Å². The maximum atomic E-state index is 3.92. The van der Waals surface area contributed by atoms with Crippen molar-refractivity contribution in [2.75, 3.05) is 0 Å². The summed E-state index contributed by atoms with van der Waals surface area (Å²) in [5.74, 6) is 0.963. The molecule has 0 amide bonds. The molecule has 0 saturated heterocycles. The Bertz CT molecular complexity index is 404. The van der Waals surface area contributed by atoms with E-state index in [2.05, 4.69) is 34.1 Å². The van der Waals surface area contributed by atoms with E-state index in [-0.39, 0.29) is 0 Å².